The summed E-state index contributed by atoms with van der Waals surface area (Å²) in [4.78, 5) is 0. The molecule has 0 spiro atoms. The Morgan fingerprint density at radius 1 is 1.41 bits per heavy atom. The third kappa shape index (κ3) is 1.98. The van der Waals surface area contributed by atoms with E-state index in [2.05, 4.69) is 27.0 Å². The largest absolute Gasteiger partial charge is 0.380 e. The molecule has 0 radical (unpaired) electrons. The minimum Gasteiger partial charge on any atom is -0.380 e. The normalized spacial score (nSPS) is 32.7. The Balaban J connectivity index is 1.80. The van der Waals surface area contributed by atoms with E-state index < -0.39 is 0 Å². The Morgan fingerprint density at radius 3 is 3.06 bits per heavy atom. The van der Waals surface area contributed by atoms with Gasteiger partial charge in [0.2, 0.25) is 0 Å². The molecule has 5 heteroatoms. The second kappa shape index (κ2) is 4.38. The first-order valence-electron chi connectivity index (χ1n) is 6.46. The number of aromatic nitrogens is 3. The van der Waals surface area contributed by atoms with Crippen LogP contribution in [0.5, 0.6) is 0 Å². The van der Waals surface area contributed by atoms with E-state index in [9.17, 15) is 0 Å². The van der Waals surface area contributed by atoms with Crippen LogP contribution in [-0.2, 0) is 17.7 Å². The molecule has 1 aromatic heterocycles. The van der Waals surface area contributed by atoms with Crippen molar-refractivity contribution < 1.29 is 4.74 Å². The molecule has 0 aromatic carbocycles. The lowest BCUT2D eigenvalue weighted by molar-refractivity contribution is 0.117. The fourth-order valence-corrected chi connectivity index (χ4v) is 2.84. The van der Waals surface area contributed by atoms with Crippen LogP contribution in [0.1, 0.15) is 37.5 Å². The molecular weight excluding hydrogens is 216 g/mol. The van der Waals surface area contributed by atoms with Gasteiger partial charge in [0.1, 0.15) is 11.6 Å². The van der Waals surface area contributed by atoms with Gasteiger partial charge in [-0.15, -0.1) is 10.2 Å². The predicted octanol–water partition coefficient (Wildman–Crippen LogP) is 0.910. The van der Waals surface area contributed by atoms with Crippen molar-refractivity contribution in [2.75, 3.05) is 13.7 Å². The molecule has 0 bridgehead atoms. The fraction of sp³-hybridized carbons (Fsp3) is 0.833. The predicted molar refractivity (Wildman–Crippen MR) is 63.7 cm³/mol. The summed E-state index contributed by atoms with van der Waals surface area (Å²) >= 11 is 0. The molecule has 0 amide bonds. The van der Waals surface area contributed by atoms with Gasteiger partial charge >= 0.3 is 0 Å². The highest BCUT2D eigenvalue weighted by atomic mass is 16.5. The number of rotatable bonds is 2. The van der Waals surface area contributed by atoms with Gasteiger partial charge in [-0.3, -0.25) is 0 Å². The Bertz CT molecular complexity index is 403. The van der Waals surface area contributed by atoms with Gasteiger partial charge in [0.15, 0.2) is 0 Å². The van der Waals surface area contributed by atoms with E-state index in [-0.39, 0.29) is 0 Å². The van der Waals surface area contributed by atoms with Crippen LogP contribution < -0.4 is 5.32 Å². The summed E-state index contributed by atoms with van der Waals surface area (Å²) in [6.45, 7) is 4.26. The van der Waals surface area contributed by atoms with Gasteiger partial charge in [-0.25, -0.2) is 0 Å². The lowest BCUT2D eigenvalue weighted by Gasteiger charge is -2.21. The lowest BCUT2D eigenvalue weighted by Crippen LogP contribution is -2.23. The summed E-state index contributed by atoms with van der Waals surface area (Å²) in [7, 11) is 1.77. The molecule has 17 heavy (non-hydrogen) atoms. The highest BCUT2D eigenvalue weighted by Crippen LogP contribution is 2.27. The van der Waals surface area contributed by atoms with Crippen LogP contribution in [0.15, 0.2) is 0 Å². The van der Waals surface area contributed by atoms with Gasteiger partial charge in [-0.1, -0.05) is 6.92 Å². The summed E-state index contributed by atoms with van der Waals surface area (Å²) in [5.41, 5.74) is 0. The van der Waals surface area contributed by atoms with Gasteiger partial charge in [0.05, 0.1) is 12.1 Å². The first-order valence-corrected chi connectivity index (χ1v) is 6.46. The Morgan fingerprint density at radius 2 is 2.29 bits per heavy atom. The molecule has 1 aromatic rings. The smallest absolute Gasteiger partial charge is 0.150 e. The van der Waals surface area contributed by atoms with E-state index in [1.807, 2.05) is 0 Å². The van der Waals surface area contributed by atoms with Crippen molar-refractivity contribution in [3.05, 3.63) is 11.6 Å². The fourth-order valence-electron chi connectivity index (χ4n) is 2.84. The number of hydrogen-bond donors (Lipinski definition) is 1. The van der Waals surface area contributed by atoms with E-state index in [4.69, 9.17) is 4.74 Å². The third-order valence-electron chi connectivity index (χ3n) is 3.97. The summed E-state index contributed by atoms with van der Waals surface area (Å²) in [5, 5.41) is 12.2. The van der Waals surface area contributed by atoms with E-state index in [1.54, 1.807) is 7.11 Å². The van der Waals surface area contributed by atoms with Crippen LogP contribution >= 0.6 is 0 Å². The number of fused-ring (bicyclic) bond motifs is 1. The summed E-state index contributed by atoms with van der Waals surface area (Å²) in [6.07, 6.45) is 3.62. The SMILES string of the molecule is COC1CNC(c2nnc3n2CCC(C)C3)C1. The van der Waals surface area contributed by atoms with Crippen LogP contribution in [0.4, 0.5) is 0 Å². The molecule has 1 fully saturated rings. The first kappa shape index (κ1) is 11.2. The molecule has 1 N–H and O–H groups in total. The van der Waals surface area contributed by atoms with Gasteiger partial charge in [-0.05, 0) is 18.8 Å². The Hall–Kier alpha value is -0.940. The lowest BCUT2D eigenvalue weighted by atomic mass is 10.00. The first-order chi connectivity index (χ1) is 8.28. The molecule has 2 aliphatic heterocycles. The van der Waals surface area contributed by atoms with Crippen molar-refractivity contribution in [1.82, 2.24) is 20.1 Å². The van der Waals surface area contributed by atoms with Crippen molar-refractivity contribution in [2.45, 2.75) is 44.9 Å². The maximum atomic E-state index is 5.38. The molecular formula is C12H20N4O. The van der Waals surface area contributed by atoms with E-state index in [1.165, 1.54) is 6.42 Å². The Kier molecular flexibility index (Phi) is 2.88. The molecule has 5 nitrogen and oxygen atoms in total. The van der Waals surface area contributed by atoms with Crippen LogP contribution in [0.3, 0.4) is 0 Å². The van der Waals surface area contributed by atoms with Gasteiger partial charge in [0.25, 0.3) is 0 Å². The number of nitrogens with zero attached hydrogens (tertiary/aromatic N) is 3. The molecule has 3 atom stereocenters. The van der Waals surface area contributed by atoms with Crippen molar-refractivity contribution in [2.24, 2.45) is 5.92 Å². The second-order valence-corrected chi connectivity index (χ2v) is 5.28. The number of ether oxygens (including phenoxy) is 1. The monoisotopic (exact) mass is 236 g/mol. The van der Waals surface area contributed by atoms with Crippen LogP contribution in [0.2, 0.25) is 0 Å². The Labute approximate surface area is 102 Å². The summed E-state index contributed by atoms with van der Waals surface area (Å²) in [5.74, 6) is 3.00. The third-order valence-corrected chi connectivity index (χ3v) is 3.97. The molecule has 3 rings (SSSR count). The summed E-state index contributed by atoms with van der Waals surface area (Å²) in [6, 6.07) is 0.314. The van der Waals surface area contributed by atoms with Gasteiger partial charge in [-0.2, -0.15) is 0 Å². The van der Waals surface area contributed by atoms with Crippen molar-refractivity contribution in [3.8, 4) is 0 Å². The van der Waals surface area contributed by atoms with Crippen molar-refractivity contribution in [1.29, 1.82) is 0 Å². The van der Waals surface area contributed by atoms with Crippen LogP contribution in [-0.4, -0.2) is 34.5 Å². The molecule has 1 saturated heterocycles. The number of hydrogen-bond acceptors (Lipinski definition) is 4. The topological polar surface area (TPSA) is 52.0 Å². The molecule has 2 aliphatic rings. The average molecular weight is 236 g/mol. The zero-order valence-electron chi connectivity index (χ0n) is 10.5. The van der Waals surface area contributed by atoms with Crippen LogP contribution in [0, 0.1) is 5.92 Å². The summed E-state index contributed by atoms with van der Waals surface area (Å²) < 4.78 is 7.68. The van der Waals surface area contributed by atoms with Crippen molar-refractivity contribution >= 4 is 0 Å². The van der Waals surface area contributed by atoms with Crippen molar-refractivity contribution in [3.63, 3.8) is 0 Å². The van der Waals surface area contributed by atoms with Gasteiger partial charge in [0, 0.05) is 26.6 Å². The molecule has 0 aliphatic carbocycles. The molecule has 94 valence electrons. The quantitative estimate of drug-likeness (QED) is 0.829. The second-order valence-electron chi connectivity index (χ2n) is 5.28. The number of methoxy groups -OCH3 is 1. The van der Waals surface area contributed by atoms with E-state index in [0.717, 1.165) is 43.5 Å². The van der Waals surface area contributed by atoms with Gasteiger partial charge < -0.3 is 14.6 Å². The maximum Gasteiger partial charge on any atom is 0.150 e. The minimum atomic E-state index is 0.314. The zero-order valence-corrected chi connectivity index (χ0v) is 10.5. The standard InChI is InChI=1S/C12H20N4O/c1-8-3-4-16-11(5-8)14-15-12(16)10-6-9(17-2)7-13-10/h8-10,13H,3-7H2,1-2H3. The average Bonchev–Trinajstić information content (AvgIpc) is 2.93. The minimum absolute atomic E-state index is 0.314. The molecule has 3 heterocycles. The number of nitrogens with one attached hydrogen (secondary N) is 1. The molecule has 3 unspecified atom stereocenters. The highest BCUT2D eigenvalue weighted by molar-refractivity contribution is 5.06. The van der Waals surface area contributed by atoms with E-state index >= 15 is 0 Å². The molecule has 0 saturated carbocycles. The zero-order chi connectivity index (χ0) is 11.8. The van der Waals surface area contributed by atoms with E-state index in [0.29, 0.717) is 12.1 Å². The highest BCUT2D eigenvalue weighted by Gasteiger charge is 2.31. The van der Waals surface area contributed by atoms with Crippen LogP contribution in [0.25, 0.3) is 0 Å². The maximum absolute atomic E-state index is 5.38.